The standard InChI is InChI=1S/C16H29N3O5/c1-5-6-11-23-16(22)17-24-15(21)13(4)18-7-9-19(10-8-18)14(20)12(2)3/h12-13H,5-11H2,1-4H3,(H,17,22). The normalized spacial score (nSPS) is 16.6. The van der Waals surface area contributed by atoms with Crippen LogP contribution in [0.5, 0.6) is 0 Å². The van der Waals surface area contributed by atoms with Gasteiger partial charge in [0, 0.05) is 32.1 Å². The minimum absolute atomic E-state index is 0.0261. The monoisotopic (exact) mass is 343 g/mol. The van der Waals surface area contributed by atoms with Gasteiger partial charge in [-0.15, -0.1) is 5.48 Å². The Morgan fingerprint density at radius 3 is 2.25 bits per heavy atom. The van der Waals surface area contributed by atoms with Gasteiger partial charge >= 0.3 is 12.1 Å². The first-order valence-corrected chi connectivity index (χ1v) is 8.53. The molecule has 24 heavy (non-hydrogen) atoms. The largest absolute Gasteiger partial charge is 0.447 e. The quantitative estimate of drug-likeness (QED) is 0.575. The van der Waals surface area contributed by atoms with Crippen LogP contribution in [-0.2, 0) is 19.2 Å². The van der Waals surface area contributed by atoms with Crippen molar-refractivity contribution in [1.29, 1.82) is 0 Å². The maximum absolute atomic E-state index is 12.0. The summed E-state index contributed by atoms with van der Waals surface area (Å²) in [5.41, 5.74) is 2.00. The lowest BCUT2D eigenvalue weighted by molar-refractivity contribution is -0.156. The number of amides is 2. The van der Waals surface area contributed by atoms with Gasteiger partial charge in [-0.1, -0.05) is 27.2 Å². The third-order valence-corrected chi connectivity index (χ3v) is 3.97. The van der Waals surface area contributed by atoms with Crippen molar-refractivity contribution in [3.63, 3.8) is 0 Å². The second kappa shape index (κ2) is 10.1. The van der Waals surface area contributed by atoms with Crippen LogP contribution in [0.4, 0.5) is 4.79 Å². The van der Waals surface area contributed by atoms with Gasteiger partial charge < -0.3 is 14.5 Å². The van der Waals surface area contributed by atoms with Crippen LogP contribution in [0.1, 0.15) is 40.5 Å². The lowest BCUT2D eigenvalue weighted by Gasteiger charge is -2.37. The van der Waals surface area contributed by atoms with E-state index in [-0.39, 0.29) is 11.8 Å². The van der Waals surface area contributed by atoms with E-state index in [1.165, 1.54) is 0 Å². The van der Waals surface area contributed by atoms with Gasteiger partial charge in [-0.05, 0) is 13.3 Å². The van der Waals surface area contributed by atoms with Crippen LogP contribution in [-0.4, -0.2) is 66.6 Å². The molecule has 138 valence electrons. The average Bonchev–Trinajstić information content (AvgIpc) is 2.58. The van der Waals surface area contributed by atoms with Crippen molar-refractivity contribution in [3.8, 4) is 0 Å². The summed E-state index contributed by atoms with van der Waals surface area (Å²) in [6.45, 7) is 10.1. The van der Waals surface area contributed by atoms with Crippen molar-refractivity contribution < 1.29 is 24.0 Å². The Hall–Kier alpha value is -1.83. The zero-order valence-corrected chi connectivity index (χ0v) is 15.0. The van der Waals surface area contributed by atoms with Crippen molar-refractivity contribution in [2.75, 3.05) is 32.8 Å². The first-order valence-electron chi connectivity index (χ1n) is 8.53. The first-order chi connectivity index (χ1) is 11.4. The molecule has 1 atom stereocenters. The number of hydrogen-bond donors (Lipinski definition) is 1. The Bertz CT molecular complexity index is 433. The molecular formula is C16H29N3O5. The highest BCUT2D eigenvalue weighted by molar-refractivity contribution is 5.79. The Morgan fingerprint density at radius 2 is 1.71 bits per heavy atom. The summed E-state index contributed by atoms with van der Waals surface area (Å²) in [5.74, 6) is -0.450. The molecule has 1 heterocycles. The van der Waals surface area contributed by atoms with Crippen LogP contribution < -0.4 is 5.48 Å². The molecule has 8 heteroatoms. The van der Waals surface area contributed by atoms with Gasteiger partial charge in [0.05, 0.1) is 6.61 Å². The number of hydroxylamine groups is 1. The SMILES string of the molecule is CCCCOC(=O)NOC(=O)C(C)N1CCN(C(=O)C(C)C)CC1. The van der Waals surface area contributed by atoms with Crippen molar-refractivity contribution in [2.45, 2.75) is 46.6 Å². The number of rotatable bonds is 6. The molecule has 1 N–H and O–H groups in total. The summed E-state index contributed by atoms with van der Waals surface area (Å²) in [4.78, 5) is 43.8. The van der Waals surface area contributed by atoms with E-state index < -0.39 is 18.1 Å². The van der Waals surface area contributed by atoms with Crippen LogP contribution in [0.15, 0.2) is 0 Å². The van der Waals surface area contributed by atoms with Crippen LogP contribution in [0.25, 0.3) is 0 Å². The van der Waals surface area contributed by atoms with Gasteiger partial charge in [0.25, 0.3) is 0 Å². The number of ether oxygens (including phenoxy) is 1. The summed E-state index contributed by atoms with van der Waals surface area (Å²) < 4.78 is 4.84. The van der Waals surface area contributed by atoms with Crippen LogP contribution in [0.3, 0.4) is 0 Å². The second-order valence-corrected chi connectivity index (χ2v) is 6.20. The van der Waals surface area contributed by atoms with Crippen molar-refractivity contribution in [2.24, 2.45) is 5.92 Å². The van der Waals surface area contributed by atoms with E-state index in [1.54, 1.807) is 6.92 Å². The third-order valence-electron chi connectivity index (χ3n) is 3.97. The molecule has 0 saturated carbocycles. The highest BCUT2D eigenvalue weighted by Gasteiger charge is 2.29. The minimum Gasteiger partial charge on any atom is -0.447 e. The average molecular weight is 343 g/mol. The fraction of sp³-hybridized carbons (Fsp3) is 0.812. The van der Waals surface area contributed by atoms with Crippen LogP contribution in [0, 0.1) is 5.92 Å². The number of carbonyl (C=O) groups excluding carboxylic acids is 3. The van der Waals surface area contributed by atoms with Gasteiger partial charge in [0.1, 0.15) is 6.04 Å². The van der Waals surface area contributed by atoms with Crippen molar-refractivity contribution in [1.82, 2.24) is 15.3 Å². The fourth-order valence-corrected chi connectivity index (χ4v) is 2.36. The molecule has 1 aliphatic heterocycles. The minimum atomic E-state index is -0.767. The van der Waals surface area contributed by atoms with Crippen molar-refractivity contribution in [3.05, 3.63) is 0 Å². The van der Waals surface area contributed by atoms with E-state index >= 15 is 0 Å². The summed E-state index contributed by atoms with van der Waals surface area (Å²) in [6.07, 6.45) is 0.906. The molecule has 0 bridgehead atoms. The Kier molecular flexibility index (Phi) is 8.53. The number of carbonyl (C=O) groups is 3. The van der Waals surface area contributed by atoms with Crippen molar-refractivity contribution >= 4 is 18.0 Å². The molecule has 0 aromatic rings. The molecule has 0 spiro atoms. The molecule has 0 aromatic heterocycles. The maximum Gasteiger partial charge on any atom is 0.440 e. The van der Waals surface area contributed by atoms with E-state index in [0.29, 0.717) is 32.8 Å². The fourth-order valence-electron chi connectivity index (χ4n) is 2.36. The number of nitrogens with one attached hydrogen (secondary N) is 1. The molecule has 0 radical (unpaired) electrons. The van der Waals surface area contributed by atoms with E-state index in [1.807, 2.05) is 36.1 Å². The molecule has 1 aliphatic rings. The van der Waals surface area contributed by atoms with Crippen LogP contribution in [0.2, 0.25) is 0 Å². The summed E-state index contributed by atoms with van der Waals surface area (Å²) in [5, 5.41) is 0. The Morgan fingerprint density at radius 1 is 1.08 bits per heavy atom. The molecule has 1 unspecified atom stereocenters. The number of unbranched alkanes of at least 4 members (excludes halogenated alkanes) is 1. The van der Waals surface area contributed by atoms with Crippen LogP contribution >= 0.6 is 0 Å². The smallest absolute Gasteiger partial charge is 0.440 e. The third kappa shape index (κ3) is 6.35. The number of nitrogens with zero attached hydrogens (tertiary/aromatic N) is 2. The number of piperazine rings is 1. The molecule has 0 aromatic carbocycles. The topological polar surface area (TPSA) is 88.2 Å². The maximum atomic E-state index is 12.0. The molecule has 1 saturated heterocycles. The zero-order valence-electron chi connectivity index (χ0n) is 15.0. The van der Waals surface area contributed by atoms with E-state index in [0.717, 1.165) is 12.8 Å². The van der Waals surface area contributed by atoms with Gasteiger partial charge in [-0.25, -0.2) is 9.59 Å². The Labute approximate surface area is 143 Å². The number of hydrogen-bond acceptors (Lipinski definition) is 6. The lowest BCUT2D eigenvalue weighted by atomic mass is 10.1. The lowest BCUT2D eigenvalue weighted by Crippen LogP contribution is -2.54. The molecule has 8 nitrogen and oxygen atoms in total. The predicted octanol–water partition coefficient (Wildman–Crippen LogP) is 1.16. The predicted molar refractivity (Wildman–Crippen MR) is 87.9 cm³/mol. The molecule has 1 rings (SSSR count). The molecule has 2 amide bonds. The van der Waals surface area contributed by atoms with E-state index in [2.05, 4.69) is 0 Å². The molecule has 1 fully saturated rings. The van der Waals surface area contributed by atoms with E-state index in [4.69, 9.17) is 9.57 Å². The van der Waals surface area contributed by atoms with Gasteiger partial charge in [0.15, 0.2) is 0 Å². The molecular weight excluding hydrogens is 314 g/mol. The van der Waals surface area contributed by atoms with Gasteiger partial charge in [0.2, 0.25) is 5.91 Å². The first kappa shape index (κ1) is 20.2. The van der Waals surface area contributed by atoms with Gasteiger partial charge in [-0.3, -0.25) is 9.69 Å². The highest BCUT2D eigenvalue weighted by Crippen LogP contribution is 2.10. The molecule has 0 aliphatic carbocycles. The van der Waals surface area contributed by atoms with E-state index in [9.17, 15) is 14.4 Å². The highest BCUT2D eigenvalue weighted by atomic mass is 16.7. The summed E-state index contributed by atoms with van der Waals surface area (Å²) >= 11 is 0. The Balaban J connectivity index is 2.32. The second-order valence-electron chi connectivity index (χ2n) is 6.20. The zero-order chi connectivity index (χ0) is 18.1. The van der Waals surface area contributed by atoms with Gasteiger partial charge in [-0.2, -0.15) is 0 Å². The summed E-state index contributed by atoms with van der Waals surface area (Å²) in [7, 11) is 0. The summed E-state index contributed by atoms with van der Waals surface area (Å²) in [6, 6.07) is -0.503.